The number of rotatable bonds is 4. The maximum Gasteiger partial charge on any atom is 0.250 e. The lowest BCUT2D eigenvalue weighted by molar-refractivity contribution is -0.124. The van der Waals surface area contributed by atoms with Crippen LogP contribution >= 0.6 is 22.9 Å². The van der Waals surface area contributed by atoms with Crippen molar-refractivity contribution in [1.29, 1.82) is 0 Å². The number of alkyl halides is 1. The molecule has 4 rings (SSSR count). The van der Waals surface area contributed by atoms with E-state index in [0.717, 1.165) is 37.7 Å². The molecule has 24 heavy (non-hydrogen) atoms. The van der Waals surface area contributed by atoms with Crippen LogP contribution in [0.1, 0.15) is 16.8 Å². The molecule has 0 aliphatic carbocycles. The van der Waals surface area contributed by atoms with Crippen LogP contribution in [0, 0.1) is 0 Å². The molecule has 2 fully saturated rings. The highest BCUT2D eigenvalue weighted by molar-refractivity contribution is 7.15. The van der Waals surface area contributed by atoms with E-state index < -0.39 is 5.38 Å². The number of carbonyl (C=O) groups excluding carboxylic acids is 1. The van der Waals surface area contributed by atoms with Crippen molar-refractivity contribution < 1.29 is 9.21 Å². The van der Waals surface area contributed by atoms with Crippen LogP contribution in [0.15, 0.2) is 22.8 Å². The molecule has 2 unspecified atom stereocenters. The molecule has 2 aromatic heterocycles. The summed E-state index contributed by atoms with van der Waals surface area (Å²) in [7, 11) is 2.13. The lowest BCUT2D eigenvalue weighted by atomic mass is 10.00. The second kappa shape index (κ2) is 6.44. The number of furan rings is 1. The van der Waals surface area contributed by atoms with Crippen molar-refractivity contribution in [2.24, 2.45) is 0 Å². The number of carbonyl (C=O) groups is 1. The van der Waals surface area contributed by atoms with E-state index in [0.29, 0.717) is 10.9 Å². The first-order valence-electron chi connectivity index (χ1n) is 7.87. The standard InChI is InChI=1S/C15H18ClN5O2S/c1-19-4-6-20(7-5-19)9-11-17-18-15(24-11)21-13(12(16)14(21)22)10-3-2-8-23-10/h2-3,8,12-13H,4-7,9H2,1H3. The van der Waals surface area contributed by atoms with Crippen molar-refractivity contribution in [1.82, 2.24) is 20.0 Å². The number of aromatic nitrogens is 2. The maximum absolute atomic E-state index is 12.2. The summed E-state index contributed by atoms with van der Waals surface area (Å²) >= 11 is 7.62. The van der Waals surface area contributed by atoms with Crippen LogP contribution in [0.5, 0.6) is 0 Å². The van der Waals surface area contributed by atoms with E-state index in [1.165, 1.54) is 11.3 Å². The van der Waals surface area contributed by atoms with E-state index in [1.807, 2.05) is 6.07 Å². The summed E-state index contributed by atoms with van der Waals surface area (Å²) in [6.45, 7) is 4.93. The molecular weight excluding hydrogens is 350 g/mol. The Balaban J connectivity index is 1.47. The average molecular weight is 368 g/mol. The topological polar surface area (TPSA) is 65.7 Å². The first-order valence-corrected chi connectivity index (χ1v) is 9.12. The van der Waals surface area contributed by atoms with Gasteiger partial charge >= 0.3 is 0 Å². The van der Waals surface area contributed by atoms with E-state index in [1.54, 1.807) is 17.2 Å². The van der Waals surface area contributed by atoms with E-state index in [9.17, 15) is 4.79 Å². The van der Waals surface area contributed by atoms with E-state index in [-0.39, 0.29) is 11.9 Å². The Morgan fingerprint density at radius 2 is 2.12 bits per heavy atom. The molecule has 0 saturated carbocycles. The molecule has 128 valence electrons. The lowest BCUT2D eigenvalue weighted by Gasteiger charge is -2.40. The monoisotopic (exact) mass is 367 g/mol. The Morgan fingerprint density at radius 3 is 2.83 bits per heavy atom. The van der Waals surface area contributed by atoms with Gasteiger partial charge in [-0.2, -0.15) is 0 Å². The van der Waals surface area contributed by atoms with Gasteiger partial charge in [0, 0.05) is 26.2 Å². The van der Waals surface area contributed by atoms with Crippen LogP contribution < -0.4 is 4.90 Å². The van der Waals surface area contributed by atoms with E-state index in [2.05, 4.69) is 27.0 Å². The highest BCUT2D eigenvalue weighted by atomic mass is 35.5. The molecule has 2 aromatic rings. The highest BCUT2D eigenvalue weighted by Gasteiger charge is 2.51. The number of anilines is 1. The Morgan fingerprint density at radius 1 is 1.33 bits per heavy atom. The van der Waals surface area contributed by atoms with Gasteiger partial charge in [0.1, 0.15) is 22.2 Å². The number of likely N-dealkylation sites (N-methyl/N-ethyl adjacent to an activating group) is 1. The van der Waals surface area contributed by atoms with Crippen LogP contribution in [-0.2, 0) is 11.3 Å². The van der Waals surface area contributed by atoms with E-state index >= 15 is 0 Å². The molecule has 2 atom stereocenters. The summed E-state index contributed by atoms with van der Waals surface area (Å²) in [4.78, 5) is 18.4. The molecule has 2 aliphatic rings. The van der Waals surface area contributed by atoms with Crippen LogP contribution in [0.2, 0.25) is 0 Å². The highest BCUT2D eigenvalue weighted by Crippen LogP contribution is 2.43. The molecule has 1 amide bonds. The fraction of sp³-hybridized carbons (Fsp3) is 0.533. The summed E-state index contributed by atoms with van der Waals surface area (Å²) < 4.78 is 5.41. The van der Waals surface area contributed by atoms with Crippen molar-refractivity contribution in [2.45, 2.75) is 18.0 Å². The second-order valence-corrected chi connectivity index (χ2v) is 7.64. The number of nitrogens with zero attached hydrogens (tertiary/aromatic N) is 5. The summed E-state index contributed by atoms with van der Waals surface area (Å²) in [5.41, 5.74) is 0. The summed E-state index contributed by atoms with van der Waals surface area (Å²) in [6, 6.07) is 3.31. The van der Waals surface area contributed by atoms with E-state index in [4.69, 9.17) is 16.0 Å². The van der Waals surface area contributed by atoms with Crippen molar-refractivity contribution in [3.8, 4) is 0 Å². The zero-order valence-corrected chi connectivity index (χ0v) is 14.8. The molecule has 0 spiro atoms. The van der Waals surface area contributed by atoms with Crippen molar-refractivity contribution in [3.05, 3.63) is 29.2 Å². The molecule has 0 N–H and O–H groups in total. The molecule has 7 nitrogen and oxygen atoms in total. The summed E-state index contributed by atoms with van der Waals surface area (Å²) in [5, 5.41) is 9.34. The fourth-order valence-corrected chi connectivity index (χ4v) is 4.27. The number of hydrogen-bond donors (Lipinski definition) is 0. The number of amides is 1. The predicted octanol–water partition coefficient (Wildman–Crippen LogP) is 1.57. The van der Waals surface area contributed by atoms with Gasteiger partial charge in [-0.25, -0.2) is 0 Å². The van der Waals surface area contributed by atoms with Gasteiger partial charge in [-0.05, 0) is 19.2 Å². The molecular formula is C15H18ClN5O2S. The van der Waals surface area contributed by atoms with Crippen molar-refractivity contribution in [3.63, 3.8) is 0 Å². The Hall–Kier alpha value is -1.48. The van der Waals surface area contributed by atoms with Gasteiger partial charge < -0.3 is 9.32 Å². The predicted molar refractivity (Wildman–Crippen MR) is 91.3 cm³/mol. The molecule has 0 radical (unpaired) electrons. The van der Waals surface area contributed by atoms with Gasteiger partial charge in [-0.1, -0.05) is 11.3 Å². The van der Waals surface area contributed by atoms with Gasteiger partial charge in [0.15, 0.2) is 0 Å². The minimum atomic E-state index is -0.610. The fourth-order valence-electron chi connectivity index (χ4n) is 3.00. The third kappa shape index (κ3) is 2.83. The average Bonchev–Trinajstić information content (AvgIpc) is 3.25. The van der Waals surface area contributed by atoms with Crippen LogP contribution in [0.25, 0.3) is 0 Å². The van der Waals surface area contributed by atoms with Crippen LogP contribution in [-0.4, -0.2) is 64.5 Å². The minimum absolute atomic E-state index is 0.152. The quantitative estimate of drug-likeness (QED) is 0.603. The van der Waals surface area contributed by atoms with Gasteiger partial charge in [0.25, 0.3) is 0 Å². The molecule has 9 heteroatoms. The molecule has 0 aromatic carbocycles. The second-order valence-electron chi connectivity index (χ2n) is 6.13. The Kier molecular flexibility index (Phi) is 4.29. The zero-order valence-electron chi connectivity index (χ0n) is 13.3. The van der Waals surface area contributed by atoms with Gasteiger partial charge in [-0.15, -0.1) is 21.8 Å². The molecule has 4 heterocycles. The third-order valence-electron chi connectivity index (χ3n) is 4.48. The van der Waals surface area contributed by atoms with Gasteiger partial charge in [0.05, 0.1) is 12.8 Å². The van der Waals surface area contributed by atoms with Crippen molar-refractivity contribution >= 4 is 34.0 Å². The number of piperazine rings is 1. The van der Waals surface area contributed by atoms with Gasteiger partial charge in [-0.3, -0.25) is 14.6 Å². The van der Waals surface area contributed by atoms with Crippen molar-refractivity contribution in [2.75, 3.05) is 38.1 Å². The van der Waals surface area contributed by atoms with Crippen LogP contribution in [0.4, 0.5) is 5.13 Å². The maximum atomic E-state index is 12.2. The van der Waals surface area contributed by atoms with Crippen LogP contribution in [0.3, 0.4) is 0 Å². The third-order valence-corrected chi connectivity index (χ3v) is 5.81. The summed E-state index contributed by atoms with van der Waals surface area (Å²) in [5.74, 6) is 0.519. The Labute approximate surface area is 148 Å². The van der Waals surface area contributed by atoms with Gasteiger partial charge in [0.2, 0.25) is 11.0 Å². The molecule has 2 saturated heterocycles. The minimum Gasteiger partial charge on any atom is -0.467 e. The normalized spacial score (nSPS) is 25.9. The number of hydrogen-bond acceptors (Lipinski definition) is 7. The Bertz CT molecular complexity index is 713. The zero-order chi connectivity index (χ0) is 16.7. The smallest absolute Gasteiger partial charge is 0.250 e. The lowest BCUT2D eigenvalue weighted by Crippen LogP contribution is -2.56. The largest absolute Gasteiger partial charge is 0.467 e. The summed E-state index contributed by atoms with van der Waals surface area (Å²) in [6.07, 6.45) is 1.58. The SMILES string of the molecule is CN1CCN(Cc2nnc(N3C(=O)C(Cl)C3c3ccco3)s2)CC1. The number of halogens is 1. The first kappa shape index (κ1) is 16.0. The molecule has 0 bridgehead atoms. The number of β-lactam (4-membered cyclic amide) rings is 1. The molecule has 2 aliphatic heterocycles. The first-order chi connectivity index (χ1) is 11.6.